The van der Waals surface area contributed by atoms with Crippen LogP contribution in [-0.4, -0.2) is 18.4 Å². The number of ether oxygens (including phenoxy) is 1. The Morgan fingerprint density at radius 3 is 2.00 bits per heavy atom. The molecule has 0 saturated carbocycles. The minimum Gasteiger partial charge on any atom is -0.404 e. The third-order valence-corrected chi connectivity index (χ3v) is 2.82. The second-order valence-electron chi connectivity index (χ2n) is 5.16. The number of hydrogen-bond acceptors (Lipinski definition) is 3. The number of carbonyl (C=O) groups is 1. The summed E-state index contributed by atoms with van der Waals surface area (Å²) in [4.78, 5) is 16.6. The summed E-state index contributed by atoms with van der Waals surface area (Å²) in [5, 5.41) is 0. The lowest BCUT2D eigenvalue weighted by molar-refractivity contribution is 0.0717. The first-order chi connectivity index (χ1) is 10.2. The molecule has 0 heterocycles. The fourth-order valence-corrected chi connectivity index (χ4v) is 1.75. The lowest BCUT2D eigenvalue weighted by Gasteiger charge is -2.09. The van der Waals surface area contributed by atoms with Crippen molar-refractivity contribution in [3.8, 4) is 0 Å². The largest absolute Gasteiger partial charge is 0.404 e. The van der Waals surface area contributed by atoms with E-state index in [1.807, 2.05) is 48.5 Å². The molecule has 0 unspecified atom stereocenters. The average molecular weight is 281 g/mol. The van der Waals surface area contributed by atoms with Gasteiger partial charge in [-0.25, -0.2) is 4.79 Å². The number of carbonyl (C=O) groups excluding carboxylic acids is 1. The zero-order valence-electron chi connectivity index (χ0n) is 12.3. The molecule has 0 aliphatic carbocycles. The first-order valence-corrected chi connectivity index (χ1v) is 7.04. The fraction of sp³-hybridized carbons (Fsp3) is 0.222. The van der Waals surface area contributed by atoms with E-state index in [4.69, 9.17) is 4.74 Å². The van der Waals surface area contributed by atoms with Crippen LogP contribution in [0.2, 0.25) is 0 Å². The normalized spacial score (nSPS) is 11.5. The molecule has 0 fully saturated rings. The molecule has 0 aliphatic heterocycles. The standard InChI is InChI=1S/C18H19NO2/c1-14(2)13-19-17(15-9-5-3-6-10-15)21-18(20)16-11-7-4-8-12-16/h3-12,14H,13H2,1-2H3. The van der Waals surface area contributed by atoms with Gasteiger partial charge in [-0.05, 0) is 30.2 Å². The number of aliphatic imine (C=N–C) groups is 1. The van der Waals surface area contributed by atoms with Crippen molar-refractivity contribution < 1.29 is 9.53 Å². The summed E-state index contributed by atoms with van der Waals surface area (Å²) in [5.41, 5.74) is 1.33. The molecule has 3 nitrogen and oxygen atoms in total. The molecule has 0 aromatic heterocycles. The Bertz CT molecular complexity index is 604. The van der Waals surface area contributed by atoms with Crippen molar-refractivity contribution in [3.05, 3.63) is 71.8 Å². The summed E-state index contributed by atoms with van der Waals surface area (Å²) < 4.78 is 5.48. The summed E-state index contributed by atoms with van der Waals surface area (Å²) >= 11 is 0. The molecule has 0 amide bonds. The van der Waals surface area contributed by atoms with Crippen LogP contribution in [0.15, 0.2) is 65.7 Å². The third kappa shape index (κ3) is 4.56. The molecule has 0 radical (unpaired) electrons. The molecule has 0 aliphatic rings. The van der Waals surface area contributed by atoms with Gasteiger partial charge < -0.3 is 4.74 Å². The smallest absolute Gasteiger partial charge is 0.344 e. The highest BCUT2D eigenvalue weighted by Gasteiger charge is 2.13. The Morgan fingerprint density at radius 2 is 1.48 bits per heavy atom. The zero-order valence-corrected chi connectivity index (χ0v) is 12.3. The van der Waals surface area contributed by atoms with E-state index in [0.29, 0.717) is 23.9 Å². The van der Waals surface area contributed by atoms with E-state index in [1.54, 1.807) is 12.1 Å². The Balaban J connectivity index is 2.21. The molecule has 108 valence electrons. The summed E-state index contributed by atoms with van der Waals surface area (Å²) in [6, 6.07) is 18.4. The van der Waals surface area contributed by atoms with Gasteiger partial charge in [-0.1, -0.05) is 50.2 Å². The van der Waals surface area contributed by atoms with E-state index in [-0.39, 0.29) is 5.97 Å². The highest BCUT2D eigenvalue weighted by Crippen LogP contribution is 2.08. The van der Waals surface area contributed by atoms with Crippen LogP contribution >= 0.6 is 0 Å². The molecule has 2 aromatic rings. The maximum Gasteiger partial charge on any atom is 0.344 e. The average Bonchev–Trinajstić information content (AvgIpc) is 2.52. The maximum absolute atomic E-state index is 12.2. The first-order valence-electron chi connectivity index (χ1n) is 7.04. The van der Waals surface area contributed by atoms with Gasteiger partial charge in [0.15, 0.2) is 0 Å². The third-order valence-electron chi connectivity index (χ3n) is 2.82. The van der Waals surface area contributed by atoms with E-state index in [2.05, 4.69) is 18.8 Å². The van der Waals surface area contributed by atoms with E-state index >= 15 is 0 Å². The highest BCUT2D eigenvalue weighted by molar-refractivity contribution is 6.05. The summed E-state index contributed by atoms with van der Waals surface area (Å²) in [7, 11) is 0. The second-order valence-corrected chi connectivity index (χ2v) is 5.16. The summed E-state index contributed by atoms with van der Waals surface area (Å²) in [6.45, 7) is 4.77. The van der Waals surface area contributed by atoms with Crippen LogP contribution < -0.4 is 0 Å². The first kappa shape index (κ1) is 15.0. The predicted octanol–water partition coefficient (Wildman–Crippen LogP) is 3.95. The van der Waals surface area contributed by atoms with Gasteiger partial charge in [0.05, 0.1) is 5.56 Å². The molecule has 2 aromatic carbocycles. The van der Waals surface area contributed by atoms with Gasteiger partial charge in [-0.15, -0.1) is 0 Å². The van der Waals surface area contributed by atoms with Crippen molar-refractivity contribution >= 4 is 11.9 Å². The number of nitrogens with zero attached hydrogens (tertiary/aromatic N) is 1. The highest BCUT2D eigenvalue weighted by atomic mass is 16.5. The van der Waals surface area contributed by atoms with Crippen LogP contribution in [0, 0.1) is 5.92 Å². The molecule has 0 atom stereocenters. The Hall–Kier alpha value is -2.42. The van der Waals surface area contributed by atoms with E-state index < -0.39 is 0 Å². The van der Waals surface area contributed by atoms with Gasteiger partial charge in [-0.3, -0.25) is 4.99 Å². The van der Waals surface area contributed by atoms with Crippen LogP contribution in [0.4, 0.5) is 0 Å². The molecular formula is C18H19NO2. The van der Waals surface area contributed by atoms with Gasteiger partial charge in [0.2, 0.25) is 5.90 Å². The minimum absolute atomic E-state index is 0.373. The zero-order chi connectivity index (χ0) is 15.1. The molecule has 3 heteroatoms. The van der Waals surface area contributed by atoms with Gasteiger partial charge in [0.1, 0.15) is 0 Å². The molecule has 21 heavy (non-hydrogen) atoms. The second kappa shape index (κ2) is 7.39. The van der Waals surface area contributed by atoms with E-state index in [9.17, 15) is 4.79 Å². The molecule has 0 spiro atoms. The minimum atomic E-state index is -0.387. The number of esters is 1. The van der Waals surface area contributed by atoms with Crippen molar-refractivity contribution in [1.82, 2.24) is 0 Å². The lowest BCUT2D eigenvalue weighted by atomic mass is 10.2. The SMILES string of the molecule is CC(C)CN=C(OC(=O)c1ccccc1)c1ccccc1. The number of rotatable bonds is 4. The Morgan fingerprint density at radius 1 is 0.952 bits per heavy atom. The van der Waals surface area contributed by atoms with Crippen molar-refractivity contribution in [2.24, 2.45) is 10.9 Å². The molecular weight excluding hydrogens is 262 g/mol. The molecule has 0 saturated heterocycles. The van der Waals surface area contributed by atoms with Crippen LogP contribution in [0.5, 0.6) is 0 Å². The topological polar surface area (TPSA) is 38.7 Å². The maximum atomic E-state index is 12.2. The number of benzene rings is 2. The van der Waals surface area contributed by atoms with Crippen LogP contribution in [0.3, 0.4) is 0 Å². The predicted molar refractivity (Wildman–Crippen MR) is 84.5 cm³/mol. The number of hydrogen-bond donors (Lipinski definition) is 0. The van der Waals surface area contributed by atoms with Crippen LogP contribution in [0.1, 0.15) is 29.8 Å². The van der Waals surface area contributed by atoms with E-state index in [1.165, 1.54) is 0 Å². The quantitative estimate of drug-likeness (QED) is 0.483. The molecule has 2 rings (SSSR count). The van der Waals surface area contributed by atoms with Gasteiger partial charge in [0.25, 0.3) is 0 Å². The fourth-order valence-electron chi connectivity index (χ4n) is 1.75. The van der Waals surface area contributed by atoms with Crippen molar-refractivity contribution in [3.63, 3.8) is 0 Å². The van der Waals surface area contributed by atoms with Crippen molar-refractivity contribution in [2.45, 2.75) is 13.8 Å². The summed E-state index contributed by atoms with van der Waals surface area (Å²) in [6.07, 6.45) is 0. The van der Waals surface area contributed by atoms with Gasteiger partial charge >= 0.3 is 5.97 Å². The van der Waals surface area contributed by atoms with Crippen molar-refractivity contribution in [1.29, 1.82) is 0 Å². The van der Waals surface area contributed by atoms with Crippen molar-refractivity contribution in [2.75, 3.05) is 6.54 Å². The van der Waals surface area contributed by atoms with Gasteiger partial charge in [-0.2, -0.15) is 0 Å². The molecule has 0 N–H and O–H groups in total. The van der Waals surface area contributed by atoms with Crippen LogP contribution in [-0.2, 0) is 4.74 Å². The Labute approximate surface area is 125 Å². The summed E-state index contributed by atoms with van der Waals surface area (Å²) in [5.74, 6) is 0.388. The monoisotopic (exact) mass is 281 g/mol. The van der Waals surface area contributed by atoms with E-state index in [0.717, 1.165) is 5.56 Å². The van der Waals surface area contributed by atoms with Crippen LogP contribution in [0.25, 0.3) is 0 Å². The Kier molecular flexibility index (Phi) is 5.27. The van der Waals surface area contributed by atoms with Gasteiger partial charge in [0, 0.05) is 12.1 Å². The lowest BCUT2D eigenvalue weighted by Crippen LogP contribution is -2.15. The molecule has 0 bridgehead atoms.